The van der Waals surface area contributed by atoms with E-state index < -0.39 is 16.1 Å². The van der Waals surface area contributed by atoms with Crippen LogP contribution in [0.25, 0.3) is 32.3 Å². The molecule has 0 aliphatic carbocycles. The molecule has 2 aliphatic heterocycles. The van der Waals surface area contributed by atoms with E-state index in [1.54, 1.807) is 0 Å². The lowest BCUT2D eigenvalue weighted by Gasteiger charge is -2.45. The Hall–Kier alpha value is -8.29. The third-order valence-corrected chi connectivity index (χ3v) is 24.8. The summed E-state index contributed by atoms with van der Waals surface area (Å²) in [5.74, 6) is 0. The fourth-order valence-electron chi connectivity index (χ4n) is 12.5. The van der Waals surface area contributed by atoms with Crippen LogP contribution in [0.15, 0.2) is 267 Å². The molecule has 318 valence electrons. The zero-order chi connectivity index (χ0) is 44.8. The molecule has 0 spiro atoms. The minimum absolute atomic E-state index is 1.19. The summed E-state index contributed by atoms with van der Waals surface area (Å²) in [6.45, 7) is 0. The SMILES string of the molecule is c1ccc([Si]2(c3ccccc3)c3ccccc3N(c3ccc4ccc5c(N6c7ccccc7[Si](c7ccccc7)(c7ccccc7)c7ccccc76)ccc6ccc3c4c65)c3ccccc32)cc1. The van der Waals surface area contributed by atoms with Crippen molar-refractivity contribution >= 4 is 124 Å². The first-order chi connectivity index (χ1) is 33.8. The maximum atomic E-state index is 2.57. The van der Waals surface area contributed by atoms with Gasteiger partial charge in [-0.3, -0.25) is 0 Å². The Morgan fingerprint density at radius 2 is 0.456 bits per heavy atom. The van der Waals surface area contributed by atoms with Crippen molar-refractivity contribution in [2.75, 3.05) is 9.80 Å². The number of hydrogen-bond acceptors (Lipinski definition) is 2. The van der Waals surface area contributed by atoms with Crippen LogP contribution in [-0.2, 0) is 0 Å². The third-order valence-electron chi connectivity index (χ3n) is 15.1. The predicted octanol–water partition coefficient (Wildman–Crippen LogP) is 10.9. The molecule has 4 heteroatoms. The van der Waals surface area contributed by atoms with Crippen LogP contribution in [0.4, 0.5) is 34.1 Å². The fourth-order valence-corrected chi connectivity index (χ4v) is 22.7. The highest BCUT2D eigenvalue weighted by Gasteiger charge is 2.50. The van der Waals surface area contributed by atoms with E-state index in [4.69, 9.17) is 0 Å². The largest absolute Gasteiger partial charge is 0.310 e. The lowest BCUT2D eigenvalue weighted by Crippen LogP contribution is -2.77. The number of hydrogen-bond donors (Lipinski definition) is 0. The molecule has 14 rings (SSSR count). The first kappa shape index (κ1) is 38.9. The molecule has 0 N–H and O–H groups in total. The van der Waals surface area contributed by atoms with Crippen molar-refractivity contribution in [3.63, 3.8) is 0 Å². The number of fused-ring (bicyclic) bond motifs is 4. The standard InChI is InChI=1S/C64H44N2Si2/c1-5-21-47(22-6-1)67(48-23-7-2-8-24-48)59-33-17-13-29-55(59)65(56-30-14-18-34-60(56)67)53-43-39-45-38-42-52-54(44-40-46-37-41-51(53)63(45)64(46)52)66-57-31-15-19-35-61(57)68(49-25-9-3-10-26-49,50-27-11-4-12-28-50)62-36-20-16-32-58(62)66/h1-44H. The molecule has 0 saturated carbocycles. The second-order valence-corrected chi connectivity index (χ2v) is 25.8. The Balaban J connectivity index is 1.02. The lowest BCUT2D eigenvalue weighted by molar-refractivity contribution is 1.30. The number of rotatable bonds is 6. The van der Waals surface area contributed by atoms with Crippen LogP contribution in [0.3, 0.4) is 0 Å². The number of nitrogens with zero attached hydrogens (tertiary/aromatic N) is 2. The van der Waals surface area contributed by atoms with Gasteiger partial charge in [-0.2, -0.15) is 0 Å². The van der Waals surface area contributed by atoms with Crippen LogP contribution in [-0.4, -0.2) is 16.1 Å². The summed E-state index contributed by atoms with van der Waals surface area (Å²) in [5.41, 5.74) is 7.35. The molecule has 2 aliphatic rings. The van der Waals surface area contributed by atoms with E-state index in [2.05, 4.69) is 277 Å². The third kappa shape index (κ3) is 5.27. The number of anilines is 6. The van der Waals surface area contributed by atoms with Gasteiger partial charge in [0.2, 0.25) is 0 Å². The van der Waals surface area contributed by atoms with E-state index in [9.17, 15) is 0 Å². The second kappa shape index (κ2) is 15.1. The Bertz CT molecular complexity index is 3440. The van der Waals surface area contributed by atoms with Gasteiger partial charge < -0.3 is 9.80 Å². The van der Waals surface area contributed by atoms with Gasteiger partial charge in [0.25, 0.3) is 0 Å². The van der Waals surface area contributed by atoms with Crippen LogP contribution >= 0.6 is 0 Å². The molecular weight excluding hydrogens is 853 g/mol. The summed E-state index contributed by atoms with van der Waals surface area (Å²) >= 11 is 0. The smallest absolute Gasteiger partial charge is 0.184 e. The monoisotopic (exact) mass is 896 g/mol. The van der Waals surface area contributed by atoms with Gasteiger partial charge in [0.1, 0.15) is 0 Å². The van der Waals surface area contributed by atoms with Crippen molar-refractivity contribution < 1.29 is 0 Å². The summed E-state index contributed by atoms with van der Waals surface area (Å²) in [5, 5.41) is 18.7. The summed E-state index contributed by atoms with van der Waals surface area (Å²) in [6.07, 6.45) is 0. The molecule has 2 heterocycles. The van der Waals surface area contributed by atoms with E-state index in [0.717, 1.165) is 0 Å². The van der Waals surface area contributed by atoms with Gasteiger partial charge in [0.05, 0.1) is 11.4 Å². The highest BCUT2D eigenvalue weighted by Crippen LogP contribution is 2.48. The number of para-hydroxylation sites is 4. The van der Waals surface area contributed by atoms with Crippen LogP contribution in [0, 0.1) is 0 Å². The van der Waals surface area contributed by atoms with Gasteiger partial charge in [-0.1, -0.05) is 231 Å². The Morgan fingerprint density at radius 1 is 0.206 bits per heavy atom. The van der Waals surface area contributed by atoms with E-state index in [0.29, 0.717) is 0 Å². The van der Waals surface area contributed by atoms with Crippen molar-refractivity contribution in [1.82, 2.24) is 0 Å². The van der Waals surface area contributed by atoms with Gasteiger partial charge in [-0.15, -0.1) is 0 Å². The molecule has 0 atom stereocenters. The Labute approximate surface area is 398 Å². The maximum absolute atomic E-state index is 2.76. The minimum atomic E-state index is -2.76. The van der Waals surface area contributed by atoms with Crippen LogP contribution in [0.2, 0.25) is 0 Å². The van der Waals surface area contributed by atoms with E-state index in [1.165, 1.54) is 108 Å². The van der Waals surface area contributed by atoms with Gasteiger partial charge in [-0.05, 0) is 99.4 Å². The first-order valence-corrected chi connectivity index (χ1v) is 27.7. The molecule has 0 bridgehead atoms. The summed E-state index contributed by atoms with van der Waals surface area (Å²) in [7, 11) is -5.53. The van der Waals surface area contributed by atoms with Gasteiger partial charge in [0.15, 0.2) is 16.1 Å². The van der Waals surface area contributed by atoms with Crippen LogP contribution in [0.1, 0.15) is 0 Å². The fraction of sp³-hybridized carbons (Fsp3) is 0. The molecule has 0 fully saturated rings. The molecule has 0 aromatic heterocycles. The molecule has 68 heavy (non-hydrogen) atoms. The average molecular weight is 897 g/mol. The highest BCUT2D eigenvalue weighted by molar-refractivity contribution is 7.22. The molecule has 0 radical (unpaired) electrons. The van der Waals surface area contributed by atoms with Crippen molar-refractivity contribution in [2.24, 2.45) is 0 Å². The molecule has 2 nitrogen and oxygen atoms in total. The summed E-state index contributed by atoms with van der Waals surface area (Å²) < 4.78 is 0. The van der Waals surface area contributed by atoms with Gasteiger partial charge >= 0.3 is 0 Å². The van der Waals surface area contributed by atoms with Crippen molar-refractivity contribution in [2.45, 2.75) is 0 Å². The van der Waals surface area contributed by atoms with E-state index in [1.807, 2.05) is 0 Å². The summed E-state index contributed by atoms with van der Waals surface area (Å²) in [4.78, 5) is 5.15. The van der Waals surface area contributed by atoms with Crippen molar-refractivity contribution in [1.29, 1.82) is 0 Å². The molecule has 0 unspecified atom stereocenters. The molecular formula is C64H44N2Si2. The van der Waals surface area contributed by atoms with E-state index in [-0.39, 0.29) is 0 Å². The Morgan fingerprint density at radius 3 is 0.750 bits per heavy atom. The van der Waals surface area contributed by atoms with E-state index >= 15 is 0 Å². The summed E-state index contributed by atoms with van der Waals surface area (Å²) in [6, 6.07) is 101. The van der Waals surface area contributed by atoms with Crippen molar-refractivity contribution in [3.05, 3.63) is 267 Å². The van der Waals surface area contributed by atoms with Crippen LogP contribution in [0.5, 0.6) is 0 Å². The predicted molar refractivity (Wildman–Crippen MR) is 294 cm³/mol. The molecule has 0 amide bonds. The molecule has 0 saturated heterocycles. The second-order valence-electron chi connectivity index (χ2n) is 18.3. The van der Waals surface area contributed by atoms with Crippen LogP contribution < -0.4 is 51.3 Å². The number of benzene rings is 12. The topological polar surface area (TPSA) is 6.48 Å². The average Bonchev–Trinajstić information content (AvgIpc) is 3.42. The normalized spacial score (nSPS) is 14.4. The zero-order valence-corrected chi connectivity index (χ0v) is 39.3. The minimum Gasteiger partial charge on any atom is -0.310 e. The quantitative estimate of drug-likeness (QED) is 0.121. The zero-order valence-electron chi connectivity index (χ0n) is 37.3. The highest BCUT2D eigenvalue weighted by atomic mass is 28.3. The van der Waals surface area contributed by atoms with Gasteiger partial charge in [-0.25, -0.2) is 0 Å². The Kier molecular flexibility index (Phi) is 8.66. The first-order valence-electron chi connectivity index (χ1n) is 23.7. The molecule has 12 aromatic rings. The molecule has 12 aromatic carbocycles. The lowest BCUT2D eigenvalue weighted by atomic mass is 9.91. The van der Waals surface area contributed by atoms with Crippen molar-refractivity contribution in [3.8, 4) is 0 Å². The maximum Gasteiger partial charge on any atom is 0.184 e. The van der Waals surface area contributed by atoms with Gasteiger partial charge in [0, 0.05) is 33.5 Å².